The minimum atomic E-state index is 0.157. The van der Waals surface area contributed by atoms with Crippen molar-refractivity contribution in [2.24, 2.45) is 17.6 Å². The normalized spacial score (nSPS) is 28.9. The molecule has 0 spiro atoms. The lowest BCUT2D eigenvalue weighted by Crippen LogP contribution is -2.32. The zero-order valence-corrected chi connectivity index (χ0v) is 10.6. The van der Waals surface area contributed by atoms with Gasteiger partial charge in [0, 0.05) is 13.1 Å². The molecule has 2 unspecified atom stereocenters. The molecule has 0 aromatic rings. The highest BCUT2D eigenvalue weighted by atomic mass is 16.5. The molecule has 2 fully saturated rings. The van der Waals surface area contributed by atoms with E-state index in [-0.39, 0.29) is 12.5 Å². The first-order valence-electron chi connectivity index (χ1n) is 6.87. The van der Waals surface area contributed by atoms with Crippen molar-refractivity contribution in [1.29, 1.82) is 0 Å². The van der Waals surface area contributed by atoms with Gasteiger partial charge in [-0.05, 0) is 44.1 Å². The quantitative estimate of drug-likeness (QED) is 0.780. The SMILES string of the molecule is NCC1CCCC1COCC(=O)N1CCCC1. The van der Waals surface area contributed by atoms with Gasteiger partial charge >= 0.3 is 0 Å². The predicted molar refractivity (Wildman–Crippen MR) is 66.5 cm³/mol. The average Bonchev–Trinajstić information content (AvgIpc) is 2.99. The Labute approximate surface area is 103 Å². The highest BCUT2D eigenvalue weighted by Gasteiger charge is 2.26. The van der Waals surface area contributed by atoms with Crippen molar-refractivity contribution < 1.29 is 9.53 Å². The lowest BCUT2D eigenvalue weighted by Gasteiger charge is -2.19. The number of hydrogen-bond donors (Lipinski definition) is 1. The summed E-state index contributed by atoms with van der Waals surface area (Å²) in [6.45, 7) is 3.55. The molecule has 0 bridgehead atoms. The topological polar surface area (TPSA) is 55.6 Å². The molecule has 1 heterocycles. The summed E-state index contributed by atoms with van der Waals surface area (Å²) in [5.74, 6) is 1.34. The Morgan fingerprint density at radius 2 is 1.88 bits per heavy atom. The largest absolute Gasteiger partial charge is 0.371 e. The van der Waals surface area contributed by atoms with Crippen LogP contribution in [0.4, 0.5) is 0 Å². The molecule has 2 N–H and O–H groups in total. The maximum absolute atomic E-state index is 11.7. The van der Waals surface area contributed by atoms with Crippen LogP contribution in [-0.4, -0.2) is 43.7 Å². The summed E-state index contributed by atoms with van der Waals surface area (Å²) in [5, 5.41) is 0. The molecule has 1 aliphatic carbocycles. The van der Waals surface area contributed by atoms with Gasteiger partial charge in [-0.1, -0.05) is 6.42 Å². The van der Waals surface area contributed by atoms with Crippen LogP contribution in [0.2, 0.25) is 0 Å². The Balaban J connectivity index is 1.63. The molecule has 1 amide bonds. The molecule has 98 valence electrons. The van der Waals surface area contributed by atoms with E-state index in [0.29, 0.717) is 18.4 Å². The van der Waals surface area contributed by atoms with Gasteiger partial charge in [0.25, 0.3) is 0 Å². The zero-order valence-electron chi connectivity index (χ0n) is 10.6. The summed E-state index contributed by atoms with van der Waals surface area (Å²) >= 11 is 0. The summed E-state index contributed by atoms with van der Waals surface area (Å²) in [6, 6.07) is 0. The van der Waals surface area contributed by atoms with E-state index in [0.717, 1.165) is 32.5 Å². The van der Waals surface area contributed by atoms with Crippen molar-refractivity contribution in [2.75, 3.05) is 32.8 Å². The minimum absolute atomic E-state index is 0.157. The Hall–Kier alpha value is -0.610. The molecule has 2 rings (SSSR count). The van der Waals surface area contributed by atoms with Crippen LogP contribution < -0.4 is 5.73 Å². The molecule has 0 aromatic carbocycles. The fourth-order valence-electron chi connectivity index (χ4n) is 3.00. The Morgan fingerprint density at radius 3 is 2.59 bits per heavy atom. The summed E-state index contributed by atoms with van der Waals surface area (Å²) in [4.78, 5) is 13.7. The summed E-state index contributed by atoms with van der Waals surface area (Å²) in [7, 11) is 0. The molecule has 17 heavy (non-hydrogen) atoms. The smallest absolute Gasteiger partial charge is 0.248 e. The first-order valence-corrected chi connectivity index (χ1v) is 6.87. The third-order valence-electron chi connectivity index (χ3n) is 4.14. The number of nitrogens with zero attached hydrogens (tertiary/aromatic N) is 1. The molecular formula is C13H24N2O2. The van der Waals surface area contributed by atoms with Crippen LogP contribution >= 0.6 is 0 Å². The van der Waals surface area contributed by atoms with Crippen LogP contribution in [0.25, 0.3) is 0 Å². The number of carbonyl (C=O) groups excluding carboxylic acids is 1. The second-order valence-corrected chi connectivity index (χ2v) is 5.29. The molecule has 2 atom stereocenters. The van der Waals surface area contributed by atoms with Crippen molar-refractivity contribution in [2.45, 2.75) is 32.1 Å². The Bertz CT molecular complexity index is 252. The van der Waals surface area contributed by atoms with Crippen LogP contribution in [0, 0.1) is 11.8 Å². The number of nitrogens with two attached hydrogens (primary N) is 1. The van der Waals surface area contributed by atoms with E-state index in [1.807, 2.05) is 4.90 Å². The predicted octanol–water partition coefficient (Wildman–Crippen LogP) is 1.00. The Kier molecular flexibility index (Phi) is 4.80. The first kappa shape index (κ1) is 12.8. The van der Waals surface area contributed by atoms with E-state index in [4.69, 9.17) is 10.5 Å². The van der Waals surface area contributed by atoms with Gasteiger partial charge in [0.1, 0.15) is 6.61 Å². The number of likely N-dealkylation sites (tertiary alicyclic amines) is 1. The lowest BCUT2D eigenvalue weighted by atomic mass is 9.97. The molecular weight excluding hydrogens is 216 g/mol. The maximum Gasteiger partial charge on any atom is 0.248 e. The lowest BCUT2D eigenvalue weighted by molar-refractivity contribution is -0.135. The monoisotopic (exact) mass is 240 g/mol. The second kappa shape index (κ2) is 6.36. The van der Waals surface area contributed by atoms with Crippen LogP contribution in [0.15, 0.2) is 0 Å². The van der Waals surface area contributed by atoms with Gasteiger partial charge in [-0.2, -0.15) is 0 Å². The van der Waals surface area contributed by atoms with Crippen LogP contribution in [0.5, 0.6) is 0 Å². The highest BCUT2D eigenvalue weighted by Crippen LogP contribution is 2.30. The molecule has 4 heteroatoms. The molecule has 0 radical (unpaired) electrons. The number of rotatable bonds is 5. The first-order chi connectivity index (χ1) is 8.31. The van der Waals surface area contributed by atoms with Crippen molar-refractivity contribution in [3.8, 4) is 0 Å². The van der Waals surface area contributed by atoms with E-state index in [9.17, 15) is 4.79 Å². The third-order valence-corrected chi connectivity index (χ3v) is 4.14. The van der Waals surface area contributed by atoms with Crippen molar-refractivity contribution in [3.63, 3.8) is 0 Å². The van der Waals surface area contributed by atoms with Gasteiger partial charge < -0.3 is 15.4 Å². The molecule has 4 nitrogen and oxygen atoms in total. The zero-order chi connectivity index (χ0) is 12.1. The summed E-state index contributed by atoms with van der Waals surface area (Å²) in [6.07, 6.45) is 5.98. The van der Waals surface area contributed by atoms with Gasteiger partial charge in [-0.25, -0.2) is 0 Å². The van der Waals surface area contributed by atoms with Crippen molar-refractivity contribution in [1.82, 2.24) is 4.90 Å². The van der Waals surface area contributed by atoms with Crippen LogP contribution in [0.1, 0.15) is 32.1 Å². The van der Waals surface area contributed by atoms with Crippen LogP contribution in [-0.2, 0) is 9.53 Å². The fraction of sp³-hybridized carbons (Fsp3) is 0.923. The Morgan fingerprint density at radius 1 is 1.18 bits per heavy atom. The third kappa shape index (κ3) is 3.42. The summed E-state index contributed by atoms with van der Waals surface area (Å²) in [5.41, 5.74) is 5.72. The van der Waals surface area contributed by atoms with Crippen molar-refractivity contribution in [3.05, 3.63) is 0 Å². The van der Waals surface area contributed by atoms with Gasteiger partial charge in [-0.15, -0.1) is 0 Å². The molecule has 1 aliphatic heterocycles. The highest BCUT2D eigenvalue weighted by molar-refractivity contribution is 5.77. The fourth-order valence-corrected chi connectivity index (χ4v) is 3.00. The van der Waals surface area contributed by atoms with Crippen molar-refractivity contribution >= 4 is 5.91 Å². The number of ether oxygens (including phenoxy) is 1. The second-order valence-electron chi connectivity index (χ2n) is 5.29. The van der Waals surface area contributed by atoms with Gasteiger partial charge in [0.15, 0.2) is 0 Å². The molecule has 1 saturated carbocycles. The van der Waals surface area contributed by atoms with E-state index in [1.54, 1.807) is 0 Å². The maximum atomic E-state index is 11.7. The molecule has 1 saturated heterocycles. The van der Waals surface area contributed by atoms with E-state index < -0.39 is 0 Å². The number of amides is 1. The van der Waals surface area contributed by atoms with Gasteiger partial charge in [0.05, 0.1) is 6.61 Å². The molecule has 0 aromatic heterocycles. The van der Waals surface area contributed by atoms with Gasteiger partial charge in [-0.3, -0.25) is 4.79 Å². The van der Waals surface area contributed by atoms with E-state index >= 15 is 0 Å². The van der Waals surface area contributed by atoms with E-state index in [1.165, 1.54) is 19.3 Å². The number of hydrogen-bond acceptors (Lipinski definition) is 3. The standard InChI is InChI=1S/C13H24N2O2/c14-8-11-4-3-5-12(11)9-17-10-13(16)15-6-1-2-7-15/h11-12H,1-10,14H2. The van der Waals surface area contributed by atoms with Gasteiger partial charge in [0.2, 0.25) is 5.91 Å². The number of carbonyl (C=O) groups is 1. The minimum Gasteiger partial charge on any atom is -0.371 e. The molecule has 2 aliphatic rings. The average molecular weight is 240 g/mol. The summed E-state index contributed by atoms with van der Waals surface area (Å²) < 4.78 is 5.58. The van der Waals surface area contributed by atoms with E-state index in [2.05, 4.69) is 0 Å². The van der Waals surface area contributed by atoms with Crippen LogP contribution in [0.3, 0.4) is 0 Å².